The van der Waals surface area contributed by atoms with Crippen LogP contribution in [0, 0.1) is 16.0 Å². The van der Waals surface area contributed by atoms with E-state index in [2.05, 4.69) is 5.32 Å². The number of amides is 2. The highest BCUT2D eigenvalue weighted by Crippen LogP contribution is 2.20. The van der Waals surface area contributed by atoms with Gasteiger partial charge in [-0.15, -0.1) is 0 Å². The van der Waals surface area contributed by atoms with Gasteiger partial charge in [-0.1, -0.05) is 6.07 Å². The van der Waals surface area contributed by atoms with Gasteiger partial charge in [0.1, 0.15) is 6.04 Å². The first-order valence-corrected chi connectivity index (χ1v) is 8.39. The largest absolute Gasteiger partial charge is 0.341 e. The summed E-state index contributed by atoms with van der Waals surface area (Å²) in [5.41, 5.74) is 5.90. The van der Waals surface area contributed by atoms with Crippen LogP contribution in [0.15, 0.2) is 24.3 Å². The van der Waals surface area contributed by atoms with Crippen LogP contribution in [0.1, 0.15) is 37.0 Å². The van der Waals surface area contributed by atoms with Crippen molar-refractivity contribution in [1.29, 1.82) is 0 Å². The van der Waals surface area contributed by atoms with Crippen molar-refractivity contribution in [1.82, 2.24) is 10.2 Å². The quantitative estimate of drug-likeness (QED) is 0.614. The molecule has 8 heteroatoms. The van der Waals surface area contributed by atoms with Gasteiger partial charge in [-0.05, 0) is 38.7 Å². The number of hydrogen-bond donors (Lipinski definition) is 2. The van der Waals surface area contributed by atoms with Crippen LogP contribution in [-0.2, 0) is 4.79 Å². The molecular weight excluding hydrogens is 324 g/mol. The second-order valence-corrected chi connectivity index (χ2v) is 6.52. The van der Waals surface area contributed by atoms with Gasteiger partial charge in [0.2, 0.25) is 5.91 Å². The van der Waals surface area contributed by atoms with Crippen LogP contribution in [0.25, 0.3) is 0 Å². The maximum atomic E-state index is 12.5. The number of nitrogens with two attached hydrogens (primary N) is 1. The molecule has 1 saturated heterocycles. The number of nitro groups is 1. The topological polar surface area (TPSA) is 119 Å². The monoisotopic (exact) mass is 348 g/mol. The molecule has 1 fully saturated rings. The fraction of sp³-hybridized carbons (Fsp3) is 0.529. The fourth-order valence-corrected chi connectivity index (χ4v) is 3.02. The Morgan fingerprint density at radius 3 is 2.52 bits per heavy atom. The molecule has 1 aromatic carbocycles. The van der Waals surface area contributed by atoms with Gasteiger partial charge in [-0.3, -0.25) is 19.7 Å². The summed E-state index contributed by atoms with van der Waals surface area (Å²) in [6, 6.07) is 4.85. The lowest BCUT2D eigenvalue weighted by atomic mass is 9.91. The van der Waals surface area contributed by atoms with E-state index in [0.29, 0.717) is 19.0 Å². The maximum absolute atomic E-state index is 12.5. The van der Waals surface area contributed by atoms with E-state index in [-0.39, 0.29) is 23.2 Å². The summed E-state index contributed by atoms with van der Waals surface area (Å²) in [4.78, 5) is 36.7. The van der Waals surface area contributed by atoms with E-state index in [1.165, 1.54) is 24.3 Å². The number of nitro benzene ring substituents is 1. The number of likely N-dealkylation sites (tertiary alicyclic amines) is 1. The zero-order valence-corrected chi connectivity index (χ0v) is 14.5. The summed E-state index contributed by atoms with van der Waals surface area (Å²) < 4.78 is 0. The van der Waals surface area contributed by atoms with Gasteiger partial charge in [0.25, 0.3) is 11.6 Å². The van der Waals surface area contributed by atoms with Gasteiger partial charge in [0.15, 0.2) is 0 Å². The highest BCUT2D eigenvalue weighted by Gasteiger charge is 2.28. The molecule has 2 rings (SSSR count). The zero-order chi connectivity index (χ0) is 18.6. The maximum Gasteiger partial charge on any atom is 0.270 e. The molecule has 1 aliphatic heterocycles. The van der Waals surface area contributed by atoms with Crippen molar-refractivity contribution >= 4 is 17.5 Å². The summed E-state index contributed by atoms with van der Waals surface area (Å²) in [6.07, 6.45) is 1.71. The third-order valence-electron chi connectivity index (χ3n) is 4.63. The minimum Gasteiger partial charge on any atom is -0.341 e. The molecule has 1 aliphatic rings. The minimum atomic E-state index is -0.696. The number of rotatable bonds is 5. The molecule has 25 heavy (non-hydrogen) atoms. The van der Waals surface area contributed by atoms with Crippen molar-refractivity contribution in [3.05, 3.63) is 39.9 Å². The Bertz CT molecular complexity index is 654. The van der Waals surface area contributed by atoms with Crippen LogP contribution in [0.2, 0.25) is 0 Å². The number of hydrogen-bond acceptors (Lipinski definition) is 5. The summed E-state index contributed by atoms with van der Waals surface area (Å²) in [5.74, 6) is -0.240. The van der Waals surface area contributed by atoms with Crippen LogP contribution < -0.4 is 11.1 Å². The number of nitrogens with zero attached hydrogens (tertiary/aromatic N) is 2. The summed E-state index contributed by atoms with van der Waals surface area (Å²) in [6.45, 7) is 4.85. The average molecular weight is 348 g/mol. The Morgan fingerprint density at radius 2 is 1.96 bits per heavy atom. The van der Waals surface area contributed by atoms with Gasteiger partial charge in [-0.25, -0.2) is 0 Å². The van der Waals surface area contributed by atoms with E-state index in [9.17, 15) is 19.7 Å². The van der Waals surface area contributed by atoms with E-state index in [1.807, 2.05) is 6.92 Å². The second kappa shape index (κ2) is 8.06. The number of piperidine rings is 1. The normalized spacial score (nSPS) is 17.6. The SMILES string of the molecule is CC(NC(=O)c1cccc([N+](=O)[O-])c1)C(=O)N1CCC(C(C)N)CC1. The molecule has 0 spiro atoms. The Kier molecular flexibility index (Phi) is 6.08. The predicted molar refractivity (Wildman–Crippen MR) is 93.0 cm³/mol. The van der Waals surface area contributed by atoms with E-state index in [4.69, 9.17) is 5.73 Å². The van der Waals surface area contributed by atoms with Crippen molar-refractivity contribution in [2.24, 2.45) is 11.7 Å². The molecule has 0 saturated carbocycles. The van der Waals surface area contributed by atoms with Crippen LogP contribution in [0.4, 0.5) is 5.69 Å². The van der Waals surface area contributed by atoms with E-state index < -0.39 is 16.9 Å². The molecule has 136 valence electrons. The van der Waals surface area contributed by atoms with Gasteiger partial charge in [0, 0.05) is 36.8 Å². The van der Waals surface area contributed by atoms with E-state index in [1.54, 1.807) is 11.8 Å². The van der Waals surface area contributed by atoms with Gasteiger partial charge < -0.3 is 16.0 Å². The number of carbonyl (C=O) groups is 2. The predicted octanol–water partition coefficient (Wildman–Crippen LogP) is 1.30. The smallest absolute Gasteiger partial charge is 0.270 e. The Balaban J connectivity index is 1.94. The molecule has 8 nitrogen and oxygen atoms in total. The molecule has 0 bridgehead atoms. The van der Waals surface area contributed by atoms with Crippen LogP contribution in [0.5, 0.6) is 0 Å². The second-order valence-electron chi connectivity index (χ2n) is 6.52. The zero-order valence-electron chi connectivity index (χ0n) is 14.5. The first kappa shape index (κ1) is 18.9. The lowest BCUT2D eigenvalue weighted by Gasteiger charge is -2.35. The summed E-state index contributed by atoms with van der Waals surface area (Å²) in [5, 5.41) is 13.4. The third kappa shape index (κ3) is 4.76. The van der Waals surface area contributed by atoms with Gasteiger partial charge in [-0.2, -0.15) is 0 Å². The summed E-state index contributed by atoms with van der Waals surface area (Å²) >= 11 is 0. The molecule has 3 N–H and O–H groups in total. The Labute approximate surface area is 146 Å². The molecule has 0 radical (unpaired) electrons. The molecule has 1 heterocycles. The number of non-ortho nitro benzene ring substituents is 1. The molecule has 0 aromatic heterocycles. The van der Waals surface area contributed by atoms with E-state index >= 15 is 0 Å². The van der Waals surface area contributed by atoms with Crippen molar-refractivity contribution < 1.29 is 14.5 Å². The number of nitrogens with one attached hydrogen (secondary N) is 1. The third-order valence-corrected chi connectivity index (χ3v) is 4.63. The van der Waals surface area contributed by atoms with Crippen LogP contribution in [-0.4, -0.2) is 46.8 Å². The average Bonchev–Trinajstić information content (AvgIpc) is 2.61. The first-order valence-electron chi connectivity index (χ1n) is 8.39. The van der Waals surface area contributed by atoms with Gasteiger partial charge in [0.05, 0.1) is 4.92 Å². The molecular formula is C17H24N4O4. The van der Waals surface area contributed by atoms with Crippen molar-refractivity contribution in [3.63, 3.8) is 0 Å². The molecule has 1 aromatic rings. The molecule has 0 aliphatic carbocycles. The Hall–Kier alpha value is -2.48. The number of benzene rings is 1. The molecule has 2 unspecified atom stereocenters. The molecule has 2 atom stereocenters. The van der Waals surface area contributed by atoms with Crippen LogP contribution >= 0.6 is 0 Å². The standard InChI is InChI=1S/C17H24N4O4/c1-11(18)13-6-8-20(9-7-13)17(23)12(2)19-16(22)14-4-3-5-15(10-14)21(24)25/h3-5,10-13H,6-9,18H2,1-2H3,(H,19,22). The lowest BCUT2D eigenvalue weighted by molar-refractivity contribution is -0.384. The first-order chi connectivity index (χ1) is 11.8. The van der Waals surface area contributed by atoms with Crippen molar-refractivity contribution in [3.8, 4) is 0 Å². The fourth-order valence-electron chi connectivity index (χ4n) is 3.02. The van der Waals surface area contributed by atoms with Gasteiger partial charge >= 0.3 is 0 Å². The van der Waals surface area contributed by atoms with Crippen molar-refractivity contribution in [2.75, 3.05) is 13.1 Å². The highest BCUT2D eigenvalue weighted by molar-refractivity contribution is 5.97. The number of carbonyl (C=O) groups excluding carboxylic acids is 2. The van der Waals surface area contributed by atoms with E-state index in [0.717, 1.165) is 12.8 Å². The summed E-state index contributed by atoms with van der Waals surface area (Å²) in [7, 11) is 0. The van der Waals surface area contributed by atoms with Crippen molar-refractivity contribution in [2.45, 2.75) is 38.8 Å². The Morgan fingerprint density at radius 1 is 1.32 bits per heavy atom. The minimum absolute atomic E-state index is 0.114. The molecule has 2 amide bonds. The highest BCUT2D eigenvalue weighted by atomic mass is 16.6. The van der Waals surface area contributed by atoms with Crippen LogP contribution in [0.3, 0.4) is 0 Å². The lowest BCUT2D eigenvalue weighted by Crippen LogP contribution is -2.50.